The number of carbonyl (C=O) groups is 2. The van der Waals surface area contributed by atoms with Gasteiger partial charge in [0, 0.05) is 38.5 Å². The van der Waals surface area contributed by atoms with E-state index in [1.807, 2.05) is 4.90 Å². The number of hydrogen-bond donors (Lipinski definition) is 2. The lowest BCUT2D eigenvalue weighted by Crippen LogP contribution is -2.46. The molecule has 0 spiro atoms. The van der Waals surface area contributed by atoms with Crippen molar-refractivity contribution in [2.24, 2.45) is 5.73 Å². The Morgan fingerprint density at radius 1 is 0.879 bits per heavy atom. The lowest BCUT2D eigenvalue weighted by Gasteiger charge is -2.35. The molecule has 3 N–H and O–H groups in total. The monoisotopic (exact) mass is 469 g/mol. The first kappa shape index (κ1) is 29.9. The van der Waals surface area contributed by atoms with Crippen LogP contribution in [0.25, 0.3) is 0 Å². The van der Waals surface area contributed by atoms with Crippen molar-refractivity contribution in [3.8, 4) is 0 Å². The maximum atomic E-state index is 12.8. The van der Waals surface area contributed by atoms with Crippen LogP contribution in [-0.4, -0.2) is 68.8 Å². The number of unbranched alkanes of at least 4 members (excludes halogenated alkanes) is 9. The third kappa shape index (κ3) is 16.1. The Bertz CT molecular complexity index is 490. The molecular weight excluding hydrogens is 418 g/mol. The van der Waals surface area contributed by atoms with E-state index in [0.717, 1.165) is 38.6 Å². The minimum atomic E-state index is 0.00150. The minimum absolute atomic E-state index is 0.00150. The van der Waals surface area contributed by atoms with E-state index < -0.39 is 0 Å². The molecule has 0 aromatic carbocycles. The molecule has 194 valence electrons. The summed E-state index contributed by atoms with van der Waals surface area (Å²) in [6, 6.07) is 0.0416. The summed E-state index contributed by atoms with van der Waals surface area (Å²) < 4.78 is 10.7. The molecule has 2 amide bonds. The van der Waals surface area contributed by atoms with Crippen molar-refractivity contribution in [1.82, 2.24) is 10.2 Å². The largest absolute Gasteiger partial charge is 0.378 e. The van der Waals surface area contributed by atoms with E-state index in [9.17, 15) is 9.59 Å². The molecule has 1 aliphatic rings. The fourth-order valence-electron chi connectivity index (χ4n) is 4.40. The van der Waals surface area contributed by atoms with Gasteiger partial charge in [-0.1, -0.05) is 64.7 Å². The molecule has 1 heterocycles. The van der Waals surface area contributed by atoms with Gasteiger partial charge in [-0.15, -0.1) is 0 Å². The number of piperidine rings is 1. The van der Waals surface area contributed by atoms with Gasteiger partial charge in [0.15, 0.2) is 0 Å². The van der Waals surface area contributed by atoms with E-state index in [2.05, 4.69) is 12.2 Å². The molecule has 0 saturated carbocycles. The molecule has 0 radical (unpaired) electrons. The van der Waals surface area contributed by atoms with Gasteiger partial charge in [0.25, 0.3) is 0 Å². The Morgan fingerprint density at radius 2 is 1.52 bits per heavy atom. The van der Waals surface area contributed by atoms with E-state index in [-0.39, 0.29) is 17.9 Å². The number of rotatable bonds is 21. The van der Waals surface area contributed by atoms with E-state index >= 15 is 0 Å². The predicted octanol–water partition coefficient (Wildman–Crippen LogP) is 4.18. The molecule has 1 rings (SSSR count). The standard InChI is InChI=1S/C26H51N3O4/c1-2-3-4-5-6-7-8-9-10-11-15-26(31)29-18-13-12-14-24(29)23-25(30)28-17-20-33-22-21-32-19-16-27/h24H,2-23,27H2,1H3,(H,28,30). The Kier molecular flexibility index (Phi) is 19.3. The molecule has 0 aromatic rings. The van der Waals surface area contributed by atoms with Gasteiger partial charge in [-0.3, -0.25) is 9.59 Å². The summed E-state index contributed by atoms with van der Waals surface area (Å²) in [4.78, 5) is 27.1. The summed E-state index contributed by atoms with van der Waals surface area (Å²) in [6.45, 7) is 6.05. The zero-order chi connectivity index (χ0) is 24.0. The van der Waals surface area contributed by atoms with Crippen LogP contribution < -0.4 is 11.1 Å². The summed E-state index contributed by atoms with van der Waals surface area (Å²) in [6.07, 6.45) is 16.8. The molecule has 0 aromatic heterocycles. The highest BCUT2D eigenvalue weighted by Gasteiger charge is 2.27. The zero-order valence-corrected chi connectivity index (χ0v) is 21.3. The van der Waals surface area contributed by atoms with E-state index in [1.54, 1.807) is 0 Å². The molecule has 7 heteroatoms. The number of nitrogens with one attached hydrogen (secondary N) is 1. The van der Waals surface area contributed by atoms with Crippen LogP contribution in [0.15, 0.2) is 0 Å². The summed E-state index contributed by atoms with van der Waals surface area (Å²) >= 11 is 0. The highest BCUT2D eigenvalue weighted by Crippen LogP contribution is 2.21. The van der Waals surface area contributed by atoms with Crippen LogP contribution in [0.5, 0.6) is 0 Å². The van der Waals surface area contributed by atoms with Gasteiger partial charge < -0.3 is 25.4 Å². The molecule has 33 heavy (non-hydrogen) atoms. The number of hydrogen-bond acceptors (Lipinski definition) is 5. The van der Waals surface area contributed by atoms with Crippen molar-refractivity contribution in [2.75, 3.05) is 46.1 Å². The maximum Gasteiger partial charge on any atom is 0.222 e. The predicted molar refractivity (Wildman–Crippen MR) is 134 cm³/mol. The Balaban J connectivity index is 2.12. The van der Waals surface area contributed by atoms with Crippen LogP contribution in [0.3, 0.4) is 0 Å². The van der Waals surface area contributed by atoms with Crippen LogP contribution >= 0.6 is 0 Å². The Morgan fingerprint density at radius 3 is 2.18 bits per heavy atom. The maximum absolute atomic E-state index is 12.8. The second kappa shape index (κ2) is 21.4. The molecular formula is C26H51N3O4. The fraction of sp³-hybridized carbons (Fsp3) is 0.923. The van der Waals surface area contributed by atoms with Crippen molar-refractivity contribution < 1.29 is 19.1 Å². The average Bonchev–Trinajstić information content (AvgIpc) is 2.82. The van der Waals surface area contributed by atoms with Gasteiger partial charge in [0.1, 0.15) is 0 Å². The highest BCUT2D eigenvalue weighted by molar-refractivity contribution is 5.80. The topological polar surface area (TPSA) is 93.9 Å². The van der Waals surface area contributed by atoms with E-state index in [1.165, 1.54) is 51.4 Å². The lowest BCUT2D eigenvalue weighted by atomic mass is 9.98. The third-order valence-corrected chi connectivity index (χ3v) is 6.32. The van der Waals surface area contributed by atoms with E-state index in [0.29, 0.717) is 52.4 Å². The van der Waals surface area contributed by atoms with Gasteiger partial charge in [-0.2, -0.15) is 0 Å². The summed E-state index contributed by atoms with van der Waals surface area (Å²) in [5, 5.41) is 2.92. The van der Waals surface area contributed by atoms with E-state index in [4.69, 9.17) is 15.2 Å². The molecule has 0 aliphatic carbocycles. The van der Waals surface area contributed by atoms with Crippen molar-refractivity contribution in [2.45, 2.75) is 109 Å². The Labute approximate surface area is 202 Å². The first-order chi connectivity index (χ1) is 16.2. The van der Waals surface area contributed by atoms with Gasteiger partial charge in [-0.05, 0) is 25.7 Å². The second-order valence-corrected chi connectivity index (χ2v) is 9.24. The highest BCUT2D eigenvalue weighted by atomic mass is 16.5. The number of ether oxygens (including phenoxy) is 2. The van der Waals surface area contributed by atoms with Gasteiger partial charge in [0.2, 0.25) is 11.8 Å². The molecule has 7 nitrogen and oxygen atoms in total. The van der Waals surface area contributed by atoms with Crippen LogP contribution in [0.2, 0.25) is 0 Å². The van der Waals surface area contributed by atoms with Crippen LogP contribution in [0, 0.1) is 0 Å². The fourth-order valence-corrected chi connectivity index (χ4v) is 4.40. The van der Waals surface area contributed by atoms with Crippen LogP contribution in [0.4, 0.5) is 0 Å². The van der Waals surface area contributed by atoms with Crippen molar-refractivity contribution in [3.05, 3.63) is 0 Å². The molecule has 1 atom stereocenters. The molecule has 1 unspecified atom stereocenters. The number of likely N-dealkylation sites (tertiary alicyclic amines) is 1. The summed E-state index contributed by atoms with van der Waals surface area (Å²) in [7, 11) is 0. The number of amides is 2. The van der Waals surface area contributed by atoms with Crippen molar-refractivity contribution in [1.29, 1.82) is 0 Å². The van der Waals surface area contributed by atoms with Gasteiger partial charge in [-0.25, -0.2) is 0 Å². The van der Waals surface area contributed by atoms with Crippen molar-refractivity contribution >= 4 is 11.8 Å². The number of nitrogens with two attached hydrogens (primary N) is 1. The number of carbonyl (C=O) groups excluding carboxylic acids is 2. The first-order valence-electron chi connectivity index (χ1n) is 13.6. The molecule has 1 fully saturated rings. The molecule has 1 saturated heterocycles. The van der Waals surface area contributed by atoms with Crippen LogP contribution in [-0.2, 0) is 19.1 Å². The van der Waals surface area contributed by atoms with Gasteiger partial charge >= 0.3 is 0 Å². The van der Waals surface area contributed by atoms with Crippen molar-refractivity contribution in [3.63, 3.8) is 0 Å². The molecule has 1 aliphatic heterocycles. The second-order valence-electron chi connectivity index (χ2n) is 9.24. The normalized spacial score (nSPS) is 16.2. The van der Waals surface area contributed by atoms with Crippen LogP contribution in [0.1, 0.15) is 103 Å². The summed E-state index contributed by atoms with van der Waals surface area (Å²) in [5.41, 5.74) is 5.35. The third-order valence-electron chi connectivity index (χ3n) is 6.32. The Hall–Kier alpha value is -1.18. The number of nitrogens with zero attached hydrogens (tertiary/aromatic N) is 1. The lowest BCUT2D eigenvalue weighted by molar-refractivity contribution is -0.136. The molecule has 0 bridgehead atoms. The quantitative estimate of drug-likeness (QED) is 0.246. The average molecular weight is 470 g/mol. The van der Waals surface area contributed by atoms with Gasteiger partial charge in [0.05, 0.1) is 26.4 Å². The zero-order valence-electron chi connectivity index (χ0n) is 21.3. The minimum Gasteiger partial charge on any atom is -0.378 e. The summed E-state index contributed by atoms with van der Waals surface area (Å²) in [5.74, 6) is 0.231. The SMILES string of the molecule is CCCCCCCCCCCCC(=O)N1CCCCC1CC(=O)NCCOCCOCCN. The smallest absolute Gasteiger partial charge is 0.222 e. The first-order valence-corrected chi connectivity index (χ1v) is 13.6.